The smallest absolute Gasteiger partial charge is 0.135 e. The molecule has 0 spiro atoms. The second kappa shape index (κ2) is 19.7. The molecule has 10 aromatic rings. The second-order valence-corrected chi connectivity index (χ2v) is 23.7. The van der Waals surface area contributed by atoms with Gasteiger partial charge in [0.05, 0.1) is 0 Å². The molecular weight excluding hydrogens is 1110 g/mol. The van der Waals surface area contributed by atoms with Gasteiger partial charge in [-0.05, 0) is 128 Å². The Morgan fingerprint density at radius 2 is 1.07 bits per heavy atom. The van der Waals surface area contributed by atoms with Crippen molar-refractivity contribution in [3.63, 3.8) is 0 Å². The van der Waals surface area contributed by atoms with Crippen LogP contribution in [0.4, 0.5) is 22.7 Å². The Bertz CT molecular complexity index is 3770. The zero-order valence-corrected chi connectivity index (χ0v) is 48.2. The molecule has 76 heavy (non-hydrogen) atoms. The first kappa shape index (κ1) is 52.2. The fourth-order valence-corrected chi connectivity index (χ4v) is 10.6. The van der Waals surface area contributed by atoms with E-state index in [2.05, 4.69) is 292 Å². The third kappa shape index (κ3) is 9.69. The first-order valence-electron chi connectivity index (χ1n) is 26.3. The van der Waals surface area contributed by atoms with E-state index < -0.39 is 5.41 Å². The molecule has 0 N–H and O–H groups in total. The van der Waals surface area contributed by atoms with Crippen molar-refractivity contribution in [1.82, 2.24) is 9.55 Å². The number of anilines is 4. The van der Waals surface area contributed by atoms with E-state index in [4.69, 9.17) is 9.72 Å². The van der Waals surface area contributed by atoms with Crippen LogP contribution >= 0.6 is 0 Å². The molecule has 11 rings (SSSR count). The number of pyridine rings is 1. The number of fused-ring (bicyclic) bond motifs is 4. The molecule has 0 bridgehead atoms. The van der Waals surface area contributed by atoms with E-state index in [-0.39, 0.29) is 37.3 Å². The predicted octanol–water partition coefficient (Wildman–Crippen LogP) is 18.5. The molecule has 5 nitrogen and oxygen atoms in total. The minimum Gasteiger partial charge on any atom is -0.509 e. The normalized spacial score (nSPS) is 13.1. The summed E-state index contributed by atoms with van der Waals surface area (Å²) in [6.45, 7) is 29.4. The number of nitrogens with zero attached hydrogens (tertiary/aromatic N) is 4. The van der Waals surface area contributed by atoms with Crippen LogP contribution in [0.1, 0.15) is 114 Å². The van der Waals surface area contributed by atoms with Crippen molar-refractivity contribution in [2.75, 3.05) is 9.80 Å². The average Bonchev–Trinajstić information content (AvgIpc) is 3.96. The van der Waals surface area contributed by atoms with Crippen LogP contribution in [0.15, 0.2) is 182 Å². The van der Waals surface area contributed by atoms with Crippen LogP contribution in [0.3, 0.4) is 0 Å². The number of hydrogen-bond acceptors (Lipinski definition) is 4. The Labute approximate surface area is 465 Å². The van der Waals surface area contributed by atoms with Gasteiger partial charge in [0.2, 0.25) is 0 Å². The Morgan fingerprint density at radius 1 is 0.461 bits per heavy atom. The Morgan fingerprint density at radius 3 is 1.70 bits per heavy atom. The van der Waals surface area contributed by atoms with Gasteiger partial charge >= 0.3 is 0 Å². The number of rotatable bonds is 10. The van der Waals surface area contributed by atoms with Gasteiger partial charge in [-0.2, -0.15) is 6.07 Å². The molecule has 0 amide bonds. The van der Waals surface area contributed by atoms with Crippen LogP contribution in [-0.4, -0.2) is 9.55 Å². The zero-order chi connectivity index (χ0) is 52.6. The van der Waals surface area contributed by atoms with E-state index in [1.54, 1.807) is 0 Å². The maximum Gasteiger partial charge on any atom is 0.135 e. The van der Waals surface area contributed by atoms with Crippen LogP contribution in [0.5, 0.6) is 11.5 Å². The van der Waals surface area contributed by atoms with Crippen molar-refractivity contribution in [3.8, 4) is 28.4 Å². The zero-order valence-electron chi connectivity index (χ0n) is 45.9. The van der Waals surface area contributed by atoms with Crippen molar-refractivity contribution in [2.24, 2.45) is 0 Å². The summed E-state index contributed by atoms with van der Waals surface area (Å²) in [6.07, 6.45) is 1.93. The predicted molar refractivity (Wildman–Crippen MR) is 314 cm³/mol. The van der Waals surface area contributed by atoms with E-state index in [1.165, 1.54) is 50.1 Å². The van der Waals surface area contributed by atoms with Gasteiger partial charge in [0.15, 0.2) is 0 Å². The summed E-state index contributed by atoms with van der Waals surface area (Å²) in [4.78, 5) is 9.67. The average molecular weight is 1180 g/mol. The van der Waals surface area contributed by atoms with Crippen LogP contribution in [-0.2, 0) is 42.7 Å². The number of benzene rings is 8. The summed E-state index contributed by atoms with van der Waals surface area (Å²) in [5, 5.41) is 2.22. The molecule has 0 aliphatic carbocycles. The monoisotopic (exact) mass is 1170 g/mol. The third-order valence-corrected chi connectivity index (χ3v) is 15.7. The van der Waals surface area contributed by atoms with Crippen LogP contribution in [0.2, 0.25) is 0 Å². The van der Waals surface area contributed by atoms with Crippen LogP contribution in [0.25, 0.3) is 38.8 Å². The van der Waals surface area contributed by atoms with Gasteiger partial charge in [0.1, 0.15) is 5.82 Å². The third-order valence-electron chi connectivity index (χ3n) is 15.7. The number of aromatic nitrogens is 2. The molecule has 1 aliphatic rings. The molecule has 2 aromatic heterocycles. The summed E-state index contributed by atoms with van der Waals surface area (Å²) in [7, 11) is 0. The van der Waals surface area contributed by atoms with E-state index in [0.717, 1.165) is 55.9 Å². The minimum atomic E-state index is -0.394. The molecule has 0 saturated heterocycles. The van der Waals surface area contributed by atoms with E-state index in [9.17, 15) is 0 Å². The van der Waals surface area contributed by atoms with Crippen molar-refractivity contribution in [2.45, 2.75) is 105 Å². The van der Waals surface area contributed by atoms with Gasteiger partial charge in [-0.15, -0.1) is 53.6 Å². The van der Waals surface area contributed by atoms with Gasteiger partial charge in [0, 0.05) is 66.8 Å². The van der Waals surface area contributed by atoms with Gasteiger partial charge in [-0.1, -0.05) is 184 Å². The van der Waals surface area contributed by atoms with Gasteiger partial charge < -0.3 is 19.1 Å². The molecule has 386 valence electrons. The molecule has 0 radical (unpaired) electrons. The SMILES string of the molecule is Cc1cc2c(cc1C)N(c1cc(-c3ccccc3)cc(C(C)(C)C)c1)[CH-]N2c1[c-]c(Oc2[c-]c3c(cc2)c2cc(C(C)(C)c4ccccc4)ccc2n3-c2cc(C(C)(C)C)ccn2)cc(C(C)(C)c2ccccc2)c1.[Pt]. The summed E-state index contributed by atoms with van der Waals surface area (Å²) >= 11 is 0. The first-order chi connectivity index (χ1) is 35.7. The molecule has 0 unspecified atom stereocenters. The van der Waals surface area contributed by atoms with Crippen molar-refractivity contribution < 1.29 is 25.8 Å². The summed E-state index contributed by atoms with van der Waals surface area (Å²) in [5.41, 5.74) is 17.5. The van der Waals surface area contributed by atoms with E-state index in [0.29, 0.717) is 11.5 Å². The minimum absolute atomic E-state index is 0. The standard InChI is InChI=1S/C70H67N4O.Pt/c1-46-34-64-65(35-47(46)2)73(45-72(64)56-37-49(48-22-16-13-17-23-48)36-54(38-56)68(6,7)8)57-39-55(70(11,12)51-26-20-15-21-27-51)40-59(43-57)75-58-29-30-60-61-41-53(69(9,10)50-24-18-14-19-25-50)28-31-62(61)74(63(60)44-58)66-42-52(32-33-71-66)67(3,4)5;/h13-42,45H,1-12H3;/q-3;. The van der Waals surface area contributed by atoms with Crippen LogP contribution < -0.4 is 14.5 Å². The van der Waals surface area contributed by atoms with Gasteiger partial charge in [-0.3, -0.25) is 0 Å². The van der Waals surface area contributed by atoms with Crippen molar-refractivity contribution >= 4 is 44.6 Å². The second-order valence-electron chi connectivity index (χ2n) is 23.7. The van der Waals surface area contributed by atoms with Crippen molar-refractivity contribution in [1.29, 1.82) is 0 Å². The van der Waals surface area contributed by atoms with Gasteiger partial charge in [0.25, 0.3) is 0 Å². The Balaban J connectivity index is 0.00000657. The molecule has 3 heterocycles. The summed E-state index contributed by atoms with van der Waals surface area (Å²) in [5.74, 6) is 2.03. The van der Waals surface area contributed by atoms with E-state index in [1.807, 2.05) is 6.20 Å². The summed E-state index contributed by atoms with van der Waals surface area (Å²) < 4.78 is 9.37. The summed E-state index contributed by atoms with van der Waals surface area (Å²) in [6, 6.07) is 71.4. The fourth-order valence-electron chi connectivity index (χ4n) is 10.6. The molecular formula is C70H67N4OPt-3. The fraction of sp³-hybridized carbons (Fsp3) is 0.229. The van der Waals surface area contributed by atoms with Crippen LogP contribution in [0, 0.1) is 32.6 Å². The molecule has 0 fully saturated rings. The first-order valence-corrected chi connectivity index (χ1v) is 26.3. The Kier molecular flexibility index (Phi) is 13.6. The molecule has 0 atom stereocenters. The molecule has 8 aromatic carbocycles. The van der Waals surface area contributed by atoms with Gasteiger partial charge in [-0.25, -0.2) is 4.98 Å². The van der Waals surface area contributed by atoms with Crippen molar-refractivity contribution in [3.05, 3.63) is 245 Å². The number of aryl methyl sites for hydroxylation is 2. The molecule has 6 heteroatoms. The largest absolute Gasteiger partial charge is 0.509 e. The number of ether oxygens (including phenoxy) is 1. The Hall–Kier alpha value is -7.20. The maximum atomic E-state index is 7.12. The van der Waals surface area contributed by atoms with E-state index >= 15 is 0 Å². The maximum absolute atomic E-state index is 7.12. The topological polar surface area (TPSA) is 33.5 Å². The number of hydrogen-bond donors (Lipinski definition) is 0. The quantitative estimate of drug-likeness (QED) is 0.128. The molecule has 0 saturated carbocycles. The molecule has 1 aliphatic heterocycles.